The highest BCUT2D eigenvalue weighted by molar-refractivity contribution is 6.01. The maximum atomic E-state index is 11.6. The molecule has 0 fully saturated rings. The summed E-state index contributed by atoms with van der Waals surface area (Å²) in [4.78, 5) is 15.0. The van der Waals surface area contributed by atoms with Crippen LogP contribution in [0, 0.1) is 0 Å². The zero-order valence-corrected chi connectivity index (χ0v) is 15.9. The van der Waals surface area contributed by atoms with E-state index < -0.39 is 6.23 Å². The Labute approximate surface area is 164 Å². The lowest BCUT2D eigenvalue weighted by molar-refractivity contribution is -0.111. The van der Waals surface area contributed by atoms with Crippen LogP contribution in [0.1, 0.15) is 24.4 Å². The molecule has 0 spiro atoms. The molecule has 1 unspecified atom stereocenters. The largest absolute Gasteiger partial charge is 0.381 e. The molecule has 1 aromatic heterocycles. The zero-order chi connectivity index (χ0) is 20.1. The fourth-order valence-corrected chi connectivity index (χ4v) is 3.21. The summed E-state index contributed by atoms with van der Waals surface area (Å²) in [5.41, 5.74) is 10.8. The van der Waals surface area contributed by atoms with E-state index in [-0.39, 0.29) is 5.91 Å². The van der Waals surface area contributed by atoms with Gasteiger partial charge in [-0.1, -0.05) is 30.8 Å². The lowest BCUT2D eigenvalue weighted by Crippen LogP contribution is -2.09. The Bertz CT molecular complexity index is 992. The van der Waals surface area contributed by atoms with E-state index in [9.17, 15) is 9.90 Å². The van der Waals surface area contributed by atoms with Crippen molar-refractivity contribution in [2.45, 2.75) is 19.6 Å². The van der Waals surface area contributed by atoms with Gasteiger partial charge < -0.3 is 25.9 Å². The smallest absolute Gasteiger partial charge is 0.247 e. The van der Waals surface area contributed by atoms with E-state index in [1.807, 2.05) is 43.3 Å². The van der Waals surface area contributed by atoms with E-state index in [0.717, 1.165) is 34.1 Å². The van der Waals surface area contributed by atoms with Crippen LogP contribution in [0.15, 0.2) is 55.1 Å². The highest BCUT2D eigenvalue weighted by Gasteiger charge is 2.15. The van der Waals surface area contributed by atoms with Crippen LogP contribution in [0.5, 0.6) is 0 Å². The van der Waals surface area contributed by atoms with Crippen molar-refractivity contribution >= 4 is 22.5 Å². The molecule has 0 radical (unpaired) electrons. The number of hydrogen-bond acceptors (Lipinski definition) is 4. The second-order valence-electron chi connectivity index (χ2n) is 6.45. The summed E-state index contributed by atoms with van der Waals surface area (Å²) < 4.78 is 5.45. The first-order chi connectivity index (χ1) is 13.5. The average Bonchev–Trinajstić information content (AvgIpc) is 3.11. The van der Waals surface area contributed by atoms with Crippen LogP contribution >= 0.6 is 0 Å². The second-order valence-corrected chi connectivity index (χ2v) is 6.45. The van der Waals surface area contributed by atoms with E-state index in [2.05, 4.69) is 22.9 Å². The number of nitrogens with two attached hydrogens (primary N) is 1. The van der Waals surface area contributed by atoms with Gasteiger partial charge in [0.1, 0.15) is 6.23 Å². The monoisotopic (exact) mass is 379 g/mol. The van der Waals surface area contributed by atoms with Crippen molar-refractivity contribution in [1.29, 1.82) is 0 Å². The number of aromatic amines is 1. The van der Waals surface area contributed by atoms with Crippen molar-refractivity contribution < 1.29 is 14.6 Å². The van der Waals surface area contributed by atoms with E-state index in [4.69, 9.17) is 10.5 Å². The van der Waals surface area contributed by atoms with Gasteiger partial charge in [-0.2, -0.15) is 0 Å². The second kappa shape index (κ2) is 8.84. The van der Waals surface area contributed by atoms with Crippen molar-refractivity contribution in [1.82, 2.24) is 4.98 Å². The highest BCUT2D eigenvalue weighted by Crippen LogP contribution is 2.34. The highest BCUT2D eigenvalue weighted by atomic mass is 16.5. The van der Waals surface area contributed by atoms with Crippen LogP contribution in [0.4, 0.5) is 5.69 Å². The Kier molecular flexibility index (Phi) is 6.26. The molecule has 0 aliphatic rings. The lowest BCUT2D eigenvalue weighted by atomic mass is 9.98. The van der Waals surface area contributed by atoms with Gasteiger partial charge in [0.05, 0.1) is 12.1 Å². The Morgan fingerprint density at radius 1 is 1.36 bits per heavy atom. The summed E-state index contributed by atoms with van der Waals surface area (Å²) >= 11 is 0. The quantitative estimate of drug-likeness (QED) is 0.273. The number of ether oxygens (including phenoxy) is 1. The minimum Gasteiger partial charge on any atom is -0.381 e. The normalized spacial score (nSPS) is 12.1. The number of amides is 1. The number of aliphatic hydroxyl groups excluding tert-OH is 1. The predicted molar refractivity (Wildman–Crippen MR) is 112 cm³/mol. The summed E-state index contributed by atoms with van der Waals surface area (Å²) in [5, 5.41) is 13.7. The first-order valence-corrected chi connectivity index (χ1v) is 9.23. The Balaban J connectivity index is 2.05. The van der Waals surface area contributed by atoms with Gasteiger partial charge in [-0.25, -0.2) is 0 Å². The number of benzene rings is 2. The van der Waals surface area contributed by atoms with E-state index in [1.54, 1.807) is 0 Å². The number of aliphatic hydroxyl groups is 1. The topological polar surface area (TPSA) is 100 Å². The molecule has 0 aliphatic carbocycles. The molecule has 0 saturated heterocycles. The summed E-state index contributed by atoms with van der Waals surface area (Å²) in [5.74, 6) is -0.260. The standard InChI is InChI=1S/C22H25N3O3/c1-3-20(26)24-15-7-5-6-14(12-15)17-8-9-18(22(23)27)21-19(17)13-16(25-21)10-11-28-4-2/h3,5-9,12-13,22,25,27H,1,4,10-11,23H2,2H3,(H,24,26). The third kappa shape index (κ3) is 4.31. The van der Waals surface area contributed by atoms with Crippen molar-refractivity contribution in [3.05, 3.63) is 66.4 Å². The van der Waals surface area contributed by atoms with Crippen molar-refractivity contribution in [3.8, 4) is 11.1 Å². The fourth-order valence-electron chi connectivity index (χ4n) is 3.21. The SMILES string of the molecule is C=CC(=O)Nc1cccc(-c2ccc(C(N)O)c3[nH]c(CCOCC)cc23)c1. The number of anilines is 1. The van der Waals surface area contributed by atoms with Crippen molar-refractivity contribution in [2.75, 3.05) is 18.5 Å². The Hall–Kier alpha value is -2.93. The number of carbonyl (C=O) groups is 1. The third-order valence-electron chi connectivity index (χ3n) is 4.55. The van der Waals surface area contributed by atoms with Gasteiger partial charge in [0.25, 0.3) is 0 Å². The number of hydrogen-bond donors (Lipinski definition) is 4. The fraction of sp³-hybridized carbons (Fsp3) is 0.227. The minimum absolute atomic E-state index is 0.260. The molecule has 146 valence electrons. The molecule has 2 aromatic carbocycles. The van der Waals surface area contributed by atoms with Crippen LogP contribution < -0.4 is 11.1 Å². The van der Waals surface area contributed by atoms with Crippen LogP contribution in [0.2, 0.25) is 0 Å². The molecule has 1 heterocycles. The number of rotatable bonds is 8. The molecule has 0 aliphatic heterocycles. The Morgan fingerprint density at radius 3 is 2.89 bits per heavy atom. The van der Waals surface area contributed by atoms with Crippen molar-refractivity contribution in [2.24, 2.45) is 5.73 Å². The zero-order valence-electron chi connectivity index (χ0n) is 15.9. The first kappa shape index (κ1) is 19.8. The molecule has 28 heavy (non-hydrogen) atoms. The van der Waals surface area contributed by atoms with E-state index in [0.29, 0.717) is 24.5 Å². The molecule has 3 aromatic rings. The number of carbonyl (C=O) groups excluding carboxylic acids is 1. The van der Waals surface area contributed by atoms with Crippen molar-refractivity contribution in [3.63, 3.8) is 0 Å². The predicted octanol–water partition coefficient (Wildman–Crippen LogP) is 3.49. The number of aromatic nitrogens is 1. The molecular formula is C22H25N3O3. The molecule has 1 atom stereocenters. The summed E-state index contributed by atoms with van der Waals surface area (Å²) in [6.07, 6.45) is 0.893. The van der Waals surface area contributed by atoms with Gasteiger partial charge in [-0.3, -0.25) is 4.79 Å². The van der Waals surface area contributed by atoms with Gasteiger partial charge in [0.15, 0.2) is 0 Å². The summed E-state index contributed by atoms with van der Waals surface area (Å²) in [6.45, 7) is 6.72. The molecule has 6 nitrogen and oxygen atoms in total. The van der Waals surface area contributed by atoms with Crippen LogP contribution in [0.3, 0.4) is 0 Å². The number of H-pyrrole nitrogens is 1. The Morgan fingerprint density at radius 2 is 2.18 bits per heavy atom. The van der Waals surface area contributed by atoms with Crippen LogP contribution in [0.25, 0.3) is 22.0 Å². The van der Waals surface area contributed by atoms with Crippen LogP contribution in [-0.2, 0) is 16.0 Å². The number of nitrogens with one attached hydrogen (secondary N) is 2. The van der Waals surface area contributed by atoms with Gasteiger partial charge in [0, 0.05) is 35.4 Å². The molecule has 3 rings (SSSR count). The average molecular weight is 379 g/mol. The summed E-state index contributed by atoms with van der Waals surface area (Å²) in [6, 6.07) is 13.4. The molecule has 5 N–H and O–H groups in total. The maximum Gasteiger partial charge on any atom is 0.247 e. The van der Waals surface area contributed by atoms with Gasteiger partial charge in [-0.15, -0.1) is 0 Å². The van der Waals surface area contributed by atoms with Gasteiger partial charge in [-0.05, 0) is 42.3 Å². The first-order valence-electron chi connectivity index (χ1n) is 9.23. The lowest BCUT2D eigenvalue weighted by Gasteiger charge is -2.11. The van der Waals surface area contributed by atoms with E-state index in [1.165, 1.54) is 6.08 Å². The molecule has 1 amide bonds. The van der Waals surface area contributed by atoms with Gasteiger partial charge in [0.2, 0.25) is 5.91 Å². The third-order valence-corrected chi connectivity index (χ3v) is 4.55. The number of fused-ring (bicyclic) bond motifs is 1. The molecule has 6 heteroatoms. The van der Waals surface area contributed by atoms with Gasteiger partial charge >= 0.3 is 0 Å². The maximum absolute atomic E-state index is 11.6. The minimum atomic E-state index is -1.08. The molecular weight excluding hydrogens is 354 g/mol. The molecule has 0 saturated carbocycles. The van der Waals surface area contributed by atoms with E-state index >= 15 is 0 Å². The summed E-state index contributed by atoms with van der Waals surface area (Å²) in [7, 11) is 0. The molecule has 0 bridgehead atoms. The van der Waals surface area contributed by atoms with Crippen LogP contribution in [-0.4, -0.2) is 29.2 Å².